The lowest BCUT2D eigenvalue weighted by molar-refractivity contribution is -0.161. The van der Waals surface area contributed by atoms with Gasteiger partial charge in [0.2, 0.25) is 0 Å². The molecule has 0 aliphatic rings. The Hall–Kier alpha value is -1.85. The number of rotatable bonds is 38. The average Bonchev–Trinajstić information content (AvgIpc) is 3.14. The molecule has 0 aromatic carbocycles. The van der Waals surface area contributed by atoms with Crippen molar-refractivity contribution in [2.24, 2.45) is 5.73 Å². The van der Waals surface area contributed by atoms with E-state index in [1.165, 1.54) is 77.0 Å². The summed E-state index contributed by atoms with van der Waals surface area (Å²) >= 11 is 0. The Balaban J connectivity index is 4.45. The van der Waals surface area contributed by atoms with Gasteiger partial charge >= 0.3 is 19.8 Å². The summed E-state index contributed by atoms with van der Waals surface area (Å²) in [5.74, 6) is -1.11. The van der Waals surface area contributed by atoms with E-state index in [9.17, 15) is 29.3 Å². The van der Waals surface area contributed by atoms with Gasteiger partial charge in [-0.15, -0.1) is 0 Å². The summed E-state index contributed by atoms with van der Waals surface area (Å²) < 4.78 is 32.5. The van der Waals surface area contributed by atoms with Crippen LogP contribution in [0.15, 0.2) is 36.5 Å². The second kappa shape index (κ2) is 37.1. The summed E-state index contributed by atoms with van der Waals surface area (Å²) in [6.07, 6.45) is 32.0. The summed E-state index contributed by atoms with van der Waals surface area (Å²) in [5, 5.41) is 20.7. The molecule has 0 aromatic heterocycles. The molecule has 3 unspecified atom stereocenters. The molecule has 0 saturated carbocycles. The first-order valence-electron chi connectivity index (χ1n) is 20.6. The smallest absolute Gasteiger partial charge is 0.462 e. The van der Waals surface area contributed by atoms with Crippen LogP contribution in [0.25, 0.3) is 0 Å². The van der Waals surface area contributed by atoms with Crippen LogP contribution in [-0.2, 0) is 32.7 Å². The zero-order valence-corrected chi connectivity index (χ0v) is 34.1. The Bertz CT molecular complexity index is 1010. The number of hydrogen-bond acceptors (Lipinski definition) is 10. The third-order valence-electron chi connectivity index (χ3n) is 8.73. The maximum absolute atomic E-state index is 12.6. The fourth-order valence-electron chi connectivity index (χ4n) is 5.50. The predicted molar refractivity (Wildman–Crippen MR) is 213 cm³/mol. The van der Waals surface area contributed by atoms with Crippen LogP contribution in [0.2, 0.25) is 0 Å². The first-order valence-corrected chi connectivity index (χ1v) is 22.1. The number of aliphatic hydroxyl groups is 2. The highest BCUT2D eigenvalue weighted by Crippen LogP contribution is 2.43. The van der Waals surface area contributed by atoms with Crippen molar-refractivity contribution in [3.8, 4) is 0 Å². The van der Waals surface area contributed by atoms with Crippen molar-refractivity contribution in [1.29, 1.82) is 0 Å². The second-order valence-electron chi connectivity index (χ2n) is 13.8. The van der Waals surface area contributed by atoms with Gasteiger partial charge in [0.05, 0.1) is 25.4 Å². The van der Waals surface area contributed by atoms with Crippen molar-refractivity contribution in [1.82, 2.24) is 0 Å². The van der Waals surface area contributed by atoms with Crippen LogP contribution in [0.5, 0.6) is 0 Å². The molecule has 11 nitrogen and oxygen atoms in total. The van der Waals surface area contributed by atoms with Crippen molar-refractivity contribution >= 4 is 19.8 Å². The number of hydrogen-bond donors (Lipinski definition) is 4. The molecule has 0 rings (SSSR count). The largest absolute Gasteiger partial charge is 0.472 e. The number of allylic oxidation sites excluding steroid dienone is 5. The van der Waals surface area contributed by atoms with Crippen LogP contribution in [0.1, 0.15) is 168 Å². The molecule has 0 fully saturated rings. The molecule has 12 heteroatoms. The molecule has 0 aliphatic carbocycles. The SMILES string of the molecule is CCCCC/C=C\C/C=C\C/C=C\CC(O)C(O)CCCC(=O)O[C@H](COC(=O)CCCCCCCCCCCCCCC)COP(=O)(O)OCCN. The minimum atomic E-state index is -4.45. The van der Waals surface area contributed by atoms with Gasteiger partial charge in [0.25, 0.3) is 0 Å². The minimum Gasteiger partial charge on any atom is -0.462 e. The third kappa shape index (κ3) is 35.6. The van der Waals surface area contributed by atoms with E-state index in [0.29, 0.717) is 6.42 Å². The molecule has 0 bridgehead atoms. The van der Waals surface area contributed by atoms with Crippen molar-refractivity contribution in [2.75, 3.05) is 26.4 Å². The summed E-state index contributed by atoms with van der Waals surface area (Å²) in [5.41, 5.74) is 5.32. The number of phosphoric acid groups is 1. The maximum atomic E-state index is 12.6. The van der Waals surface area contributed by atoms with E-state index in [1.54, 1.807) is 0 Å². The lowest BCUT2D eigenvalue weighted by atomic mass is 10.0. The van der Waals surface area contributed by atoms with Crippen molar-refractivity contribution in [3.63, 3.8) is 0 Å². The summed E-state index contributed by atoms with van der Waals surface area (Å²) in [4.78, 5) is 34.8. The molecular weight excluding hydrogens is 697 g/mol. The van der Waals surface area contributed by atoms with E-state index in [-0.39, 0.29) is 51.9 Å². The quantitative estimate of drug-likeness (QED) is 0.0204. The van der Waals surface area contributed by atoms with E-state index >= 15 is 0 Å². The number of phosphoric ester groups is 1. The first kappa shape index (κ1) is 51.1. The third-order valence-corrected chi connectivity index (χ3v) is 9.71. The number of ether oxygens (including phenoxy) is 2. The maximum Gasteiger partial charge on any atom is 0.472 e. The number of carbonyl (C=O) groups excluding carboxylic acids is 2. The van der Waals surface area contributed by atoms with Crippen LogP contribution in [0.4, 0.5) is 0 Å². The van der Waals surface area contributed by atoms with Gasteiger partial charge in [-0.2, -0.15) is 0 Å². The normalized spacial score (nSPS) is 14.9. The highest BCUT2D eigenvalue weighted by molar-refractivity contribution is 7.47. The molecule has 5 N–H and O–H groups in total. The van der Waals surface area contributed by atoms with Gasteiger partial charge < -0.3 is 30.3 Å². The number of unbranched alkanes of at least 4 members (excludes halogenated alkanes) is 15. The molecule has 0 heterocycles. The van der Waals surface area contributed by atoms with Gasteiger partial charge in [-0.3, -0.25) is 18.6 Å². The van der Waals surface area contributed by atoms with Crippen LogP contribution in [-0.4, -0.2) is 71.7 Å². The molecular formula is C41H76NO10P. The zero-order valence-electron chi connectivity index (χ0n) is 33.2. The Morgan fingerprint density at radius 1 is 0.642 bits per heavy atom. The van der Waals surface area contributed by atoms with Crippen molar-refractivity contribution < 1.29 is 47.8 Å². The molecule has 4 atom stereocenters. The van der Waals surface area contributed by atoms with Gasteiger partial charge in [-0.05, 0) is 51.4 Å². The summed E-state index contributed by atoms with van der Waals surface area (Å²) in [6, 6.07) is 0. The molecule has 0 amide bonds. The van der Waals surface area contributed by atoms with Gasteiger partial charge in [-0.25, -0.2) is 4.57 Å². The van der Waals surface area contributed by atoms with Crippen LogP contribution in [0, 0.1) is 0 Å². The van der Waals surface area contributed by atoms with E-state index in [2.05, 4.69) is 38.2 Å². The van der Waals surface area contributed by atoms with Crippen molar-refractivity contribution in [2.45, 2.75) is 186 Å². The van der Waals surface area contributed by atoms with E-state index in [4.69, 9.17) is 24.3 Å². The fourth-order valence-corrected chi connectivity index (χ4v) is 6.27. The highest BCUT2D eigenvalue weighted by Gasteiger charge is 2.26. The van der Waals surface area contributed by atoms with Crippen LogP contribution < -0.4 is 5.73 Å². The molecule has 0 radical (unpaired) electrons. The molecule has 310 valence electrons. The Labute approximate surface area is 321 Å². The zero-order chi connectivity index (χ0) is 39.3. The Morgan fingerprint density at radius 3 is 1.77 bits per heavy atom. The Kier molecular flexibility index (Phi) is 35.8. The average molecular weight is 774 g/mol. The van der Waals surface area contributed by atoms with Gasteiger partial charge in [0.1, 0.15) is 6.61 Å². The van der Waals surface area contributed by atoms with E-state index in [0.717, 1.165) is 38.5 Å². The fraction of sp³-hybridized carbons (Fsp3) is 0.805. The van der Waals surface area contributed by atoms with Gasteiger partial charge in [0, 0.05) is 19.4 Å². The molecule has 0 saturated heterocycles. The lowest BCUT2D eigenvalue weighted by Crippen LogP contribution is -2.30. The van der Waals surface area contributed by atoms with Gasteiger partial charge in [-0.1, -0.05) is 140 Å². The van der Waals surface area contributed by atoms with Gasteiger partial charge in [0.15, 0.2) is 6.10 Å². The standard InChI is InChI=1S/C41H76NO10P/c1-3-5-7-9-11-13-15-17-19-21-23-25-27-31-40(45)49-35-37(36-51-53(47,48)50-34-33-42)52-41(46)32-28-30-39(44)38(43)29-26-24-22-20-18-16-14-12-10-8-6-4-2/h12,14,18,20,24,26,37-39,43-44H,3-11,13,15-17,19,21-23,25,27-36,42H2,1-2H3,(H,47,48)/b14-12-,20-18-,26-24-/t37-,38?,39?/m1/s1. The number of aliphatic hydroxyl groups excluding tert-OH is 2. The monoisotopic (exact) mass is 774 g/mol. The topological polar surface area (TPSA) is 175 Å². The summed E-state index contributed by atoms with van der Waals surface area (Å²) in [6.45, 7) is 3.35. The van der Waals surface area contributed by atoms with Crippen LogP contribution in [0.3, 0.4) is 0 Å². The Morgan fingerprint density at radius 2 is 1.17 bits per heavy atom. The lowest BCUT2D eigenvalue weighted by Gasteiger charge is -2.20. The second-order valence-corrected chi connectivity index (χ2v) is 15.3. The van der Waals surface area contributed by atoms with Crippen LogP contribution >= 0.6 is 7.82 Å². The minimum absolute atomic E-state index is 0.00860. The first-order chi connectivity index (χ1) is 25.6. The van der Waals surface area contributed by atoms with E-state index < -0.39 is 44.7 Å². The number of nitrogens with two attached hydrogens (primary N) is 1. The van der Waals surface area contributed by atoms with E-state index in [1.807, 2.05) is 12.2 Å². The predicted octanol–water partition coefficient (Wildman–Crippen LogP) is 9.33. The van der Waals surface area contributed by atoms with Crippen molar-refractivity contribution in [3.05, 3.63) is 36.5 Å². The summed E-state index contributed by atoms with van der Waals surface area (Å²) in [7, 11) is -4.45. The molecule has 53 heavy (non-hydrogen) atoms. The molecule has 0 spiro atoms. The molecule has 0 aliphatic heterocycles. The molecule has 0 aromatic rings. The number of esters is 2. The highest BCUT2D eigenvalue weighted by atomic mass is 31.2. The number of carbonyl (C=O) groups is 2.